The average molecular weight is 264 g/mol. The van der Waals surface area contributed by atoms with Crippen molar-refractivity contribution < 1.29 is 9.53 Å². The van der Waals surface area contributed by atoms with Gasteiger partial charge in [0.25, 0.3) is 0 Å². The highest BCUT2D eigenvalue weighted by molar-refractivity contribution is 5.89. The molecule has 19 heavy (non-hydrogen) atoms. The minimum Gasteiger partial charge on any atom is -0.385 e. The largest absolute Gasteiger partial charge is 0.385 e. The fourth-order valence-electron chi connectivity index (χ4n) is 1.88. The van der Waals surface area contributed by atoms with Crippen LogP contribution in [0.2, 0.25) is 0 Å². The van der Waals surface area contributed by atoms with E-state index in [1.165, 1.54) is 13.3 Å². The van der Waals surface area contributed by atoms with Crippen molar-refractivity contribution in [3.63, 3.8) is 0 Å². The second kappa shape index (κ2) is 9.53. The summed E-state index contributed by atoms with van der Waals surface area (Å²) < 4.78 is 5.01. The Bertz CT molecular complexity index is 380. The Hall–Kier alpha value is -1.39. The second-order valence-corrected chi connectivity index (χ2v) is 4.57. The number of methoxy groups -OCH3 is 1. The van der Waals surface area contributed by atoms with E-state index in [2.05, 4.69) is 10.6 Å². The number of unbranched alkanes of at least 4 members (excludes halogenated alkanes) is 2. The molecule has 0 saturated carbocycles. The predicted molar refractivity (Wildman–Crippen MR) is 78.2 cm³/mol. The highest BCUT2D eigenvalue weighted by atomic mass is 16.5. The van der Waals surface area contributed by atoms with E-state index in [0.717, 1.165) is 43.8 Å². The fourth-order valence-corrected chi connectivity index (χ4v) is 1.88. The number of carbonyl (C=O) groups excluding carboxylic acids is 1. The van der Waals surface area contributed by atoms with Gasteiger partial charge in [-0.15, -0.1) is 0 Å². The van der Waals surface area contributed by atoms with Gasteiger partial charge in [0.2, 0.25) is 5.91 Å². The Morgan fingerprint density at radius 3 is 2.74 bits per heavy atom. The number of carbonyl (C=O) groups is 1. The minimum absolute atomic E-state index is 0.0352. The van der Waals surface area contributed by atoms with Gasteiger partial charge in [-0.05, 0) is 37.4 Å². The Morgan fingerprint density at radius 1 is 1.21 bits per heavy atom. The first-order valence-corrected chi connectivity index (χ1v) is 6.79. The summed E-state index contributed by atoms with van der Waals surface area (Å²) in [5.41, 5.74) is 2.01. The van der Waals surface area contributed by atoms with Crippen LogP contribution < -0.4 is 10.6 Å². The number of para-hydroxylation sites is 1. The quantitative estimate of drug-likeness (QED) is 0.674. The summed E-state index contributed by atoms with van der Waals surface area (Å²) in [6.45, 7) is 4.13. The number of hydrogen-bond donors (Lipinski definition) is 2. The van der Waals surface area contributed by atoms with Crippen molar-refractivity contribution in [2.45, 2.75) is 32.7 Å². The van der Waals surface area contributed by atoms with Crippen LogP contribution in [-0.4, -0.2) is 26.2 Å². The highest BCUT2D eigenvalue weighted by Crippen LogP contribution is 2.14. The Labute approximate surface area is 115 Å². The first-order chi connectivity index (χ1) is 9.24. The molecule has 106 valence electrons. The van der Waals surface area contributed by atoms with Crippen LogP contribution in [0.25, 0.3) is 0 Å². The molecular formula is C15H24N2O2. The number of amides is 1. The molecule has 4 heteroatoms. The monoisotopic (exact) mass is 264 g/mol. The number of rotatable bonds is 9. The van der Waals surface area contributed by atoms with Crippen molar-refractivity contribution in [2.75, 3.05) is 25.6 Å². The molecule has 4 nitrogen and oxygen atoms in total. The van der Waals surface area contributed by atoms with E-state index in [1.807, 2.05) is 24.3 Å². The van der Waals surface area contributed by atoms with Gasteiger partial charge in [-0.25, -0.2) is 0 Å². The Morgan fingerprint density at radius 2 is 2.00 bits per heavy atom. The fraction of sp³-hybridized carbons (Fsp3) is 0.533. The van der Waals surface area contributed by atoms with Crippen LogP contribution >= 0.6 is 0 Å². The molecule has 0 aliphatic carbocycles. The lowest BCUT2D eigenvalue weighted by molar-refractivity contribution is -0.114. The van der Waals surface area contributed by atoms with Gasteiger partial charge in [0, 0.05) is 32.9 Å². The van der Waals surface area contributed by atoms with E-state index >= 15 is 0 Å². The van der Waals surface area contributed by atoms with Crippen molar-refractivity contribution >= 4 is 11.6 Å². The lowest BCUT2D eigenvalue weighted by Gasteiger charge is -2.10. The van der Waals surface area contributed by atoms with E-state index in [4.69, 9.17) is 4.74 Å². The Kier molecular flexibility index (Phi) is 7.86. The summed E-state index contributed by atoms with van der Waals surface area (Å²) in [6, 6.07) is 7.88. The number of ether oxygens (including phenoxy) is 1. The zero-order valence-electron chi connectivity index (χ0n) is 11.9. The maximum atomic E-state index is 11.1. The van der Waals surface area contributed by atoms with Crippen LogP contribution in [0, 0.1) is 0 Å². The molecule has 1 rings (SSSR count). The van der Waals surface area contributed by atoms with Gasteiger partial charge in [0.1, 0.15) is 0 Å². The smallest absolute Gasteiger partial charge is 0.221 e. The highest BCUT2D eigenvalue weighted by Gasteiger charge is 2.02. The molecule has 1 aromatic rings. The Balaban J connectivity index is 2.26. The molecule has 0 aliphatic heterocycles. The molecule has 2 N–H and O–H groups in total. The van der Waals surface area contributed by atoms with E-state index < -0.39 is 0 Å². The first kappa shape index (κ1) is 15.7. The molecule has 1 amide bonds. The van der Waals surface area contributed by atoms with Crippen LogP contribution in [0.5, 0.6) is 0 Å². The van der Waals surface area contributed by atoms with Crippen molar-refractivity contribution in [3.8, 4) is 0 Å². The lowest BCUT2D eigenvalue weighted by atomic mass is 10.1. The molecule has 0 bridgehead atoms. The number of benzene rings is 1. The SMILES string of the molecule is COCCCCCNCc1ccccc1NC(C)=O. The normalized spacial score (nSPS) is 10.4. The van der Waals surface area contributed by atoms with Crippen LogP contribution in [0.1, 0.15) is 31.7 Å². The summed E-state index contributed by atoms with van der Waals surface area (Å²) in [4.78, 5) is 11.1. The van der Waals surface area contributed by atoms with Gasteiger partial charge in [0.05, 0.1) is 0 Å². The van der Waals surface area contributed by atoms with Crippen molar-refractivity contribution in [1.29, 1.82) is 0 Å². The summed E-state index contributed by atoms with van der Waals surface area (Å²) in [6.07, 6.45) is 3.43. The number of anilines is 1. The minimum atomic E-state index is -0.0352. The molecule has 0 heterocycles. The van der Waals surface area contributed by atoms with E-state index in [-0.39, 0.29) is 5.91 Å². The third-order valence-corrected chi connectivity index (χ3v) is 2.85. The van der Waals surface area contributed by atoms with Gasteiger partial charge in [0.15, 0.2) is 0 Å². The maximum absolute atomic E-state index is 11.1. The third kappa shape index (κ3) is 6.94. The van der Waals surface area contributed by atoms with Crippen LogP contribution in [0.4, 0.5) is 5.69 Å². The third-order valence-electron chi connectivity index (χ3n) is 2.85. The standard InChI is InChI=1S/C15H24N2O2/c1-13(18)17-15-9-5-4-8-14(15)12-16-10-6-3-7-11-19-2/h4-5,8-9,16H,3,6-7,10-12H2,1-2H3,(H,17,18). The van der Waals surface area contributed by atoms with Crippen LogP contribution in [0.15, 0.2) is 24.3 Å². The molecule has 0 fully saturated rings. The molecule has 0 radical (unpaired) electrons. The molecule has 0 aromatic heterocycles. The molecule has 1 aromatic carbocycles. The van der Waals surface area contributed by atoms with Crippen LogP contribution in [-0.2, 0) is 16.1 Å². The van der Waals surface area contributed by atoms with E-state index in [0.29, 0.717) is 0 Å². The predicted octanol–water partition coefficient (Wildman–Crippen LogP) is 2.55. The molecule has 0 unspecified atom stereocenters. The van der Waals surface area contributed by atoms with Gasteiger partial charge >= 0.3 is 0 Å². The summed E-state index contributed by atoms with van der Waals surface area (Å²) >= 11 is 0. The van der Waals surface area contributed by atoms with Gasteiger partial charge in [-0.3, -0.25) is 4.79 Å². The zero-order chi connectivity index (χ0) is 13.9. The van der Waals surface area contributed by atoms with Gasteiger partial charge < -0.3 is 15.4 Å². The number of nitrogens with one attached hydrogen (secondary N) is 2. The first-order valence-electron chi connectivity index (χ1n) is 6.79. The summed E-state index contributed by atoms with van der Waals surface area (Å²) in [7, 11) is 1.73. The maximum Gasteiger partial charge on any atom is 0.221 e. The van der Waals surface area contributed by atoms with Gasteiger partial charge in [-0.2, -0.15) is 0 Å². The molecule has 0 atom stereocenters. The summed E-state index contributed by atoms with van der Waals surface area (Å²) in [5, 5.41) is 6.25. The van der Waals surface area contributed by atoms with Crippen molar-refractivity contribution in [1.82, 2.24) is 5.32 Å². The van der Waals surface area contributed by atoms with Crippen LogP contribution in [0.3, 0.4) is 0 Å². The number of hydrogen-bond acceptors (Lipinski definition) is 3. The molecular weight excluding hydrogens is 240 g/mol. The lowest BCUT2D eigenvalue weighted by Crippen LogP contribution is -2.17. The van der Waals surface area contributed by atoms with E-state index in [1.54, 1.807) is 7.11 Å². The topological polar surface area (TPSA) is 50.4 Å². The molecule has 0 spiro atoms. The average Bonchev–Trinajstić information content (AvgIpc) is 2.39. The van der Waals surface area contributed by atoms with Crippen molar-refractivity contribution in [3.05, 3.63) is 29.8 Å². The van der Waals surface area contributed by atoms with Crippen molar-refractivity contribution in [2.24, 2.45) is 0 Å². The zero-order valence-corrected chi connectivity index (χ0v) is 11.9. The molecule has 0 aliphatic rings. The summed E-state index contributed by atoms with van der Waals surface area (Å²) in [5.74, 6) is -0.0352. The molecule has 0 saturated heterocycles. The van der Waals surface area contributed by atoms with E-state index in [9.17, 15) is 4.79 Å². The second-order valence-electron chi connectivity index (χ2n) is 4.57. The van der Waals surface area contributed by atoms with Gasteiger partial charge in [-0.1, -0.05) is 18.2 Å².